The van der Waals surface area contributed by atoms with Gasteiger partial charge >= 0.3 is 0 Å². The Bertz CT molecular complexity index is 552. The SMILES string of the molecule is OC1(Cc2ccccc2Br)Cc2ccccc2C1. The van der Waals surface area contributed by atoms with E-state index in [0.29, 0.717) is 6.42 Å². The molecule has 0 fully saturated rings. The van der Waals surface area contributed by atoms with E-state index in [1.807, 2.05) is 30.3 Å². The summed E-state index contributed by atoms with van der Waals surface area (Å²) in [6.07, 6.45) is 2.21. The first-order valence-corrected chi connectivity index (χ1v) is 6.98. The van der Waals surface area contributed by atoms with Crippen molar-refractivity contribution in [1.29, 1.82) is 0 Å². The highest BCUT2D eigenvalue weighted by atomic mass is 79.9. The van der Waals surface area contributed by atoms with Gasteiger partial charge < -0.3 is 5.11 Å². The third kappa shape index (κ3) is 2.23. The maximum atomic E-state index is 10.8. The molecule has 2 aromatic carbocycles. The van der Waals surface area contributed by atoms with Gasteiger partial charge in [0.25, 0.3) is 0 Å². The Morgan fingerprint density at radius 1 is 0.944 bits per heavy atom. The predicted molar refractivity (Wildman–Crippen MR) is 76.6 cm³/mol. The van der Waals surface area contributed by atoms with Gasteiger partial charge in [-0.25, -0.2) is 0 Å². The lowest BCUT2D eigenvalue weighted by Crippen LogP contribution is -2.32. The fourth-order valence-electron chi connectivity index (χ4n) is 2.80. The molecule has 0 bridgehead atoms. The molecule has 0 heterocycles. The van der Waals surface area contributed by atoms with Crippen LogP contribution in [-0.4, -0.2) is 10.7 Å². The van der Waals surface area contributed by atoms with Crippen LogP contribution in [0.5, 0.6) is 0 Å². The first-order valence-electron chi connectivity index (χ1n) is 6.19. The van der Waals surface area contributed by atoms with Crippen LogP contribution in [0.4, 0.5) is 0 Å². The minimum atomic E-state index is -0.631. The van der Waals surface area contributed by atoms with Gasteiger partial charge in [0, 0.05) is 23.7 Å². The zero-order valence-electron chi connectivity index (χ0n) is 10.1. The highest BCUT2D eigenvalue weighted by molar-refractivity contribution is 9.10. The smallest absolute Gasteiger partial charge is 0.0768 e. The molecule has 18 heavy (non-hydrogen) atoms. The van der Waals surface area contributed by atoms with E-state index in [9.17, 15) is 5.11 Å². The molecule has 92 valence electrons. The van der Waals surface area contributed by atoms with Gasteiger partial charge in [-0.1, -0.05) is 58.4 Å². The largest absolute Gasteiger partial charge is 0.389 e. The minimum Gasteiger partial charge on any atom is -0.389 e. The summed E-state index contributed by atoms with van der Waals surface area (Å²) in [5.74, 6) is 0. The summed E-state index contributed by atoms with van der Waals surface area (Å²) in [4.78, 5) is 0. The highest BCUT2D eigenvalue weighted by Crippen LogP contribution is 2.33. The van der Waals surface area contributed by atoms with Crippen LogP contribution in [0.1, 0.15) is 16.7 Å². The number of hydrogen-bond donors (Lipinski definition) is 1. The molecule has 1 aliphatic rings. The highest BCUT2D eigenvalue weighted by Gasteiger charge is 2.35. The summed E-state index contributed by atoms with van der Waals surface area (Å²) in [5, 5.41) is 10.8. The third-order valence-corrected chi connectivity index (χ3v) is 4.41. The molecular formula is C16H15BrO. The molecular weight excluding hydrogens is 288 g/mol. The van der Waals surface area contributed by atoms with E-state index in [-0.39, 0.29) is 0 Å². The second-order valence-electron chi connectivity index (χ2n) is 5.11. The zero-order chi connectivity index (χ0) is 12.6. The van der Waals surface area contributed by atoms with E-state index >= 15 is 0 Å². The van der Waals surface area contributed by atoms with E-state index in [1.165, 1.54) is 16.7 Å². The van der Waals surface area contributed by atoms with Crippen molar-refractivity contribution in [3.05, 3.63) is 69.7 Å². The molecule has 0 saturated heterocycles. The maximum Gasteiger partial charge on any atom is 0.0768 e. The predicted octanol–water partition coefficient (Wildman–Crippen LogP) is 3.52. The van der Waals surface area contributed by atoms with Crippen LogP contribution in [-0.2, 0) is 19.3 Å². The fourth-order valence-corrected chi connectivity index (χ4v) is 3.22. The van der Waals surface area contributed by atoms with E-state index < -0.39 is 5.60 Å². The van der Waals surface area contributed by atoms with Gasteiger partial charge in [-0.3, -0.25) is 0 Å². The lowest BCUT2D eigenvalue weighted by atomic mass is 9.92. The molecule has 2 heteroatoms. The normalized spacial score (nSPS) is 16.6. The van der Waals surface area contributed by atoms with Gasteiger partial charge in [-0.05, 0) is 22.8 Å². The summed E-state index contributed by atoms with van der Waals surface area (Å²) < 4.78 is 1.08. The number of rotatable bonds is 2. The van der Waals surface area contributed by atoms with Gasteiger partial charge in [0.2, 0.25) is 0 Å². The second kappa shape index (κ2) is 4.52. The van der Waals surface area contributed by atoms with Gasteiger partial charge in [-0.15, -0.1) is 0 Å². The van der Waals surface area contributed by atoms with Crippen molar-refractivity contribution in [2.45, 2.75) is 24.9 Å². The van der Waals surface area contributed by atoms with E-state index in [1.54, 1.807) is 0 Å². The number of benzene rings is 2. The van der Waals surface area contributed by atoms with Crippen molar-refractivity contribution in [3.8, 4) is 0 Å². The second-order valence-corrected chi connectivity index (χ2v) is 5.97. The molecule has 0 aliphatic heterocycles. The molecule has 1 N–H and O–H groups in total. The number of aliphatic hydroxyl groups is 1. The molecule has 0 amide bonds. The van der Waals surface area contributed by atoms with Crippen LogP contribution in [0, 0.1) is 0 Å². The molecule has 0 atom stereocenters. The Balaban J connectivity index is 1.85. The average molecular weight is 303 g/mol. The van der Waals surface area contributed by atoms with Crippen molar-refractivity contribution in [1.82, 2.24) is 0 Å². The van der Waals surface area contributed by atoms with Crippen molar-refractivity contribution >= 4 is 15.9 Å². The standard InChI is InChI=1S/C16H15BrO/c17-15-8-4-3-7-14(15)11-16(18)9-12-5-1-2-6-13(12)10-16/h1-8,18H,9-11H2. The molecule has 2 aromatic rings. The number of fused-ring (bicyclic) bond motifs is 1. The summed E-state index contributed by atoms with van der Waals surface area (Å²) in [5.41, 5.74) is 3.11. The fraction of sp³-hybridized carbons (Fsp3) is 0.250. The lowest BCUT2D eigenvalue weighted by Gasteiger charge is -2.22. The molecule has 3 rings (SSSR count). The van der Waals surface area contributed by atoms with E-state index in [0.717, 1.165) is 17.3 Å². The van der Waals surface area contributed by atoms with Gasteiger partial charge in [-0.2, -0.15) is 0 Å². The quantitative estimate of drug-likeness (QED) is 0.900. The van der Waals surface area contributed by atoms with Crippen LogP contribution in [0.25, 0.3) is 0 Å². The van der Waals surface area contributed by atoms with Crippen LogP contribution < -0.4 is 0 Å². The van der Waals surface area contributed by atoms with Crippen LogP contribution >= 0.6 is 15.9 Å². The molecule has 1 nitrogen and oxygen atoms in total. The van der Waals surface area contributed by atoms with E-state index in [4.69, 9.17) is 0 Å². The maximum absolute atomic E-state index is 10.8. The Hall–Kier alpha value is -1.12. The lowest BCUT2D eigenvalue weighted by molar-refractivity contribution is 0.0516. The van der Waals surface area contributed by atoms with Crippen molar-refractivity contribution in [2.75, 3.05) is 0 Å². The summed E-state index contributed by atoms with van der Waals surface area (Å²) >= 11 is 3.55. The van der Waals surface area contributed by atoms with Gasteiger partial charge in [0.05, 0.1) is 5.60 Å². The molecule has 0 saturated carbocycles. The number of halogens is 1. The monoisotopic (exact) mass is 302 g/mol. The van der Waals surface area contributed by atoms with Crippen LogP contribution in [0.15, 0.2) is 53.0 Å². The van der Waals surface area contributed by atoms with Gasteiger partial charge in [0.1, 0.15) is 0 Å². The van der Waals surface area contributed by atoms with Crippen molar-refractivity contribution in [3.63, 3.8) is 0 Å². The van der Waals surface area contributed by atoms with E-state index in [2.05, 4.69) is 34.1 Å². The molecule has 0 spiro atoms. The van der Waals surface area contributed by atoms with Crippen LogP contribution in [0.2, 0.25) is 0 Å². The Morgan fingerprint density at radius 2 is 1.50 bits per heavy atom. The summed E-state index contributed by atoms with van der Waals surface area (Å²) in [6.45, 7) is 0. The number of hydrogen-bond acceptors (Lipinski definition) is 1. The first kappa shape index (κ1) is 11.9. The third-order valence-electron chi connectivity index (χ3n) is 3.63. The Kier molecular flexibility index (Phi) is 3.00. The zero-order valence-corrected chi connectivity index (χ0v) is 11.7. The summed E-state index contributed by atoms with van der Waals surface area (Å²) in [6, 6.07) is 16.4. The molecule has 0 unspecified atom stereocenters. The van der Waals surface area contributed by atoms with Crippen molar-refractivity contribution < 1.29 is 5.11 Å². The Labute approximate surface area is 116 Å². The Morgan fingerprint density at radius 3 is 2.11 bits per heavy atom. The average Bonchev–Trinajstić information content (AvgIpc) is 2.68. The molecule has 0 aromatic heterocycles. The van der Waals surface area contributed by atoms with Gasteiger partial charge in [0.15, 0.2) is 0 Å². The minimum absolute atomic E-state index is 0.631. The summed E-state index contributed by atoms with van der Waals surface area (Å²) in [7, 11) is 0. The molecule has 1 aliphatic carbocycles. The van der Waals surface area contributed by atoms with Crippen molar-refractivity contribution in [2.24, 2.45) is 0 Å². The molecule has 0 radical (unpaired) electrons. The van der Waals surface area contributed by atoms with Crippen LogP contribution in [0.3, 0.4) is 0 Å². The first-order chi connectivity index (χ1) is 8.66. The topological polar surface area (TPSA) is 20.2 Å².